The lowest BCUT2D eigenvalue weighted by molar-refractivity contribution is 0.595. The van der Waals surface area contributed by atoms with Crippen LogP contribution in [0.15, 0.2) is 53.6 Å². The maximum absolute atomic E-state index is 12.2. The molecule has 0 atom stereocenters. The van der Waals surface area contributed by atoms with Crippen LogP contribution >= 0.6 is 11.6 Å². The van der Waals surface area contributed by atoms with E-state index in [0.717, 1.165) is 0 Å². The number of imidazole rings is 1. The zero-order chi connectivity index (χ0) is 14.2. The van der Waals surface area contributed by atoms with Gasteiger partial charge in [-0.2, -0.15) is 5.10 Å². The molecule has 0 saturated heterocycles. The van der Waals surface area contributed by atoms with Crippen LogP contribution < -0.4 is 0 Å². The van der Waals surface area contributed by atoms with Crippen molar-refractivity contribution in [2.45, 2.75) is 10.6 Å². The Morgan fingerprint density at radius 1 is 1.10 bits per heavy atom. The summed E-state index contributed by atoms with van der Waals surface area (Å²) in [5.41, 5.74) is 0.997. The second-order valence-electron chi connectivity index (χ2n) is 4.26. The molecule has 0 radical (unpaired) electrons. The molecule has 0 saturated carbocycles. The molecule has 0 bridgehead atoms. The van der Waals surface area contributed by atoms with Crippen molar-refractivity contribution in [3.8, 4) is 0 Å². The predicted molar refractivity (Wildman–Crippen MR) is 75.3 cm³/mol. The summed E-state index contributed by atoms with van der Waals surface area (Å²) in [6, 6.07) is 11.6. The fourth-order valence-electron chi connectivity index (χ4n) is 1.88. The Morgan fingerprint density at radius 2 is 1.85 bits per heavy atom. The van der Waals surface area contributed by atoms with Crippen LogP contribution in [0, 0.1) is 0 Å². The lowest BCUT2D eigenvalue weighted by Gasteiger charge is -2.01. The van der Waals surface area contributed by atoms with Gasteiger partial charge in [-0.1, -0.05) is 29.8 Å². The van der Waals surface area contributed by atoms with Gasteiger partial charge in [-0.25, -0.2) is 17.9 Å². The Balaban J connectivity index is 1.97. The van der Waals surface area contributed by atoms with Crippen LogP contribution in [-0.2, 0) is 15.6 Å². The maximum atomic E-state index is 12.2. The van der Waals surface area contributed by atoms with Gasteiger partial charge >= 0.3 is 0 Å². The lowest BCUT2D eigenvalue weighted by atomic mass is 10.4. The van der Waals surface area contributed by atoms with Crippen LogP contribution in [-0.4, -0.2) is 23.0 Å². The largest absolute Gasteiger partial charge is 0.231 e. The van der Waals surface area contributed by atoms with E-state index < -0.39 is 9.84 Å². The fraction of sp³-hybridized carbons (Fsp3) is 0.0769. The van der Waals surface area contributed by atoms with Gasteiger partial charge in [0.15, 0.2) is 15.5 Å². The molecule has 0 N–H and O–H groups in total. The van der Waals surface area contributed by atoms with E-state index in [-0.39, 0.29) is 10.6 Å². The van der Waals surface area contributed by atoms with Crippen molar-refractivity contribution < 1.29 is 8.42 Å². The molecule has 0 spiro atoms. The molecular weight excluding hydrogens is 298 g/mol. The van der Waals surface area contributed by atoms with Gasteiger partial charge in [-0.05, 0) is 24.3 Å². The molecule has 3 aromatic rings. The van der Waals surface area contributed by atoms with Crippen molar-refractivity contribution in [1.82, 2.24) is 14.6 Å². The average molecular weight is 308 g/mol. The van der Waals surface area contributed by atoms with Crippen molar-refractivity contribution in [2.75, 3.05) is 0 Å². The molecule has 0 aliphatic heterocycles. The molecular formula is C13H10ClN3O2S. The van der Waals surface area contributed by atoms with Crippen molar-refractivity contribution in [3.05, 3.63) is 59.5 Å². The molecule has 102 valence electrons. The Bertz CT molecular complexity index is 860. The second kappa shape index (κ2) is 4.88. The number of benzene rings is 1. The first-order valence-corrected chi connectivity index (χ1v) is 7.86. The zero-order valence-electron chi connectivity index (χ0n) is 10.3. The van der Waals surface area contributed by atoms with Gasteiger partial charge in [0.1, 0.15) is 5.15 Å². The van der Waals surface area contributed by atoms with Crippen molar-refractivity contribution >= 4 is 27.1 Å². The molecule has 3 rings (SSSR count). The second-order valence-corrected chi connectivity index (χ2v) is 6.64. The van der Waals surface area contributed by atoms with Crippen LogP contribution in [0.4, 0.5) is 0 Å². The minimum atomic E-state index is -3.41. The van der Waals surface area contributed by atoms with Crippen LogP contribution in [0.2, 0.25) is 5.15 Å². The summed E-state index contributed by atoms with van der Waals surface area (Å²) in [6.45, 7) is 0. The zero-order valence-corrected chi connectivity index (χ0v) is 11.8. The first-order valence-electron chi connectivity index (χ1n) is 5.83. The molecule has 0 fully saturated rings. The van der Waals surface area contributed by atoms with E-state index in [2.05, 4.69) is 10.1 Å². The van der Waals surface area contributed by atoms with E-state index >= 15 is 0 Å². The normalized spacial score (nSPS) is 11.8. The molecule has 1 aromatic carbocycles. The van der Waals surface area contributed by atoms with Crippen molar-refractivity contribution in [3.63, 3.8) is 0 Å². The highest BCUT2D eigenvalue weighted by atomic mass is 35.5. The molecule has 20 heavy (non-hydrogen) atoms. The summed E-state index contributed by atoms with van der Waals surface area (Å²) in [6.07, 6.45) is 1.57. The van der Waals surface area contributed by atoms with Gasteiger partial charge in [0, 0.05) is 0 Å². The third kappa shape index (κ3) is 2.52. The first kappa shape index (κ1) is 13.1. The molecule has 2 aromatic heterocycles. The third-order valence-corrected chi connectivity index (χ3v) is 4.65. The van der Waals surface area contributed by atoms with Crippen LogP contribution in [0.3, 0.4) is 0 Å². The molecule has 0 aliphatic carbocycles. The summed E-state index contributed by atoms with van der Waals surface area (Å²) in [7, 11) is -3.41. The van der Waals surface area contributed by atoms with Gasteiger partial charge in [0.2, 0.25) is 0 Å². The van der Waals surface area contributed by atoms with Gasteiger partial charge in [0.05, 0.1) is 22.5 Å². The van der Waals surface area contributed by atoms with Crippen molar-refractivity contribution in [2.24, 2.45) is 0 Å². The Labute approximate surface area is 120 Å². The van der Waals surface area contributed by atoms with Crippen molar-refractivity contribution in [1.29, 1.82) is 0 Å². The van der Waals surface area contributed by atoms with E-state index in [0.29, 0.717) is 16.5 Å². The number of hydrogen-bond acceptors (Lipinski definition) is 4. The monoisotopic (exact) mass is 307 g/mol. The minimum Gasteiger partial charge on any atom is -0.231 e. The molecule has 0 aliphatic rings. The lowest BCUT2D eigenvalue weighted by Crippen LogP contribution is -2.04. The van der Waals surface area contributed by atoms with E-state index in [4.69, 9.17) is 11.6 Å². The van der Waals surface area contributed by atoms with E-state index in [1.807, 2.05) is 0 Å². The number of hydrogen-bond donors (Lipinski definition) is 0. The number of nitrogens with zero attached hydrogens (tertiary/aromatic N) is 3. The smallest absolute Gasteiger partial charge is 0.184 e. The molecule has 0 amide bonds. The number of rotatable bonds is 3. The summed E-state index contributed by atoms with van der Waals surface area (Å²) in [5, 5.41) is 4.35. The van der Waals surface area contributed by atoms with Crippen LogP contribution in [0.1, 0.15) is 5.69 Å². The Kier molecular flexibility index (Phi) is 3.19. The summed E-state index contributed by atoms with van der Waals surface area (Å²) >= 11 is 5.78. The third-order valence-electron chi connectivity index (χ3n) is 2.78. The molecule has 2 heterocycles. The number of aromatic nitrogens is 3. The van der Waals surface area contributed by atoms with E-state index in [9.17, 15) is 8.42 Å². The number of sulfone groups is 1. The van der Waals surface area contributed by atoms with Gasteiger partial charge in [-0.3, -0.25) is 0 Å². The minimum absolute atomic E-state index is 0.169. The average Bonchev–Trinajstić information content (AvgIpc) is 2.80. The topological polar surface area (TPSA) is 64.3 Å². The maximum Gasteiger partial charge on any atom is 0.184 e. The van der Waals surface area contributed by atoms with Gasteiger partial charge < -0.3 is 0 Å². The summed E-state index contributed by atoms with van der Waals surface area (Å²) < 4.78 is 26.0. The Morgan fingerprint density at radius 3 is 2.60 bits per heavy atom. The Hall–Kier alpha value is -1.92. The van der Waals surface area contributed by atoms with E-state index in [1.54, 1.807) is 48.7 Å². The highest BCUT2D eigenvalue weighted by Gasteiger charge is 2.17. The number of fused-ring (bicyclic) bond motifs is 1. The SMILES string of the molecule is O=S(=O)(Cc1cn2nc(Cl)ccc2n1)c1ccccc1. The van der Waals surface area contributed by atoms with Gasteiger partial charge in [0.25, 0.3) is 0 Å². The van der Waals surface area contributed by atoms with Gasteiger partial charge in [-0.15, -0.1) is 0 Å². The summed E-state index contributed by atoms with van der Waals surface area (Å²) in [5.74, 6) is -0.169. The highest BCUT2D eigenvalue weighted by Crippen LogP contribution is 2.16. The predicted octanol–water partition coefficient (Wildman–Crippen LogP) is 2.36. The van der Waals surface area contributed by atoms with Crippen LogP contribution in [0.5, 0.6) is 0 Å². The quantitative estimate of drug-likeness (QED) is 0.745. The van der Waals surface area contributed by atoms with E-state index in [1.165, 1.54) is 4.52 Å². The highest BCUT2D eigenvalue weighted by molar-refractivity contribution is 7.90. The molecule has 5 nitrogen and oxygen atoms in total. The van der Waals surface area contributed by atoms with Crippen LogP contribution in [0.25, 0.3) is 5.65 Å². The fourth-order valence-corrected chi connectivity index (χ4v) is 3.29. The number of halogens is 1. The molecule has 0 unspecified atom stereocenters. The standard InChI is InChI=1S/C13H10ClN3O2S/c14-12-6-7-13-15-10(8-17(13)16-12)9-20(18,19)11-4-2-1-3-5-11/h1-8H,9H2. The molecule has 7 heteroatoms. The summed E-state index contributed by atoms with van der Waals surface area (Å²) in [4.78, 5) is 4.51. The first-order chi connectivity index (χ1) is 9.54.